The number of carbonyl (C=O) groups is 1. The number of hydrogen-bond donors (Lipinski definition) is 0. The van der Waals surface area contributed by atoms with Gasteiger partial charge in [-0.15, -0.1) is 0 Å². The first-order valence-electron chi connectivity index (χ1n) is 6.73. The molecule has 2 rings (SSSR count). The van der Waals surface area contributed by atoms with Crippen LogP contribution in [0.15, 0.2) is 0 Å². The Labute approximate surface area is 126 Å². The van der Waals surface area contributed by atoms with E-state index >= 15 is 0 Å². The van der Waals surface area contributed by atoms with Crippen molar-refractivity contribution in [3.05, 3.63) is 16.4 Å². The highest BCUT2D eigenvalue weighted by atomic mass is 35.5. The molecule has 0 aliphatic carbocycles. The van der Waals surface area contributed by atoms with Crippen molar-refractivity contribution in [2.24, 2.45) is 0 Å². The van der Waals surface area contributed by atoms with Crippen LogP contribution in [0.2, 0.25) is 5.02 Å². The van der Waals surface area contributed by atoms with Crippen LogP contribution in [0.1, 0.15) is 31.7 Å². The van der Waals surface area contributed by atoms with Gasteiger partial charge in [-0.25, -0.2) is 8.78 Å². The Balaban J connectivity index is 2.11. The highest BCUT2D eigenvalue weighted by Crippen LogP contribution is 2.28. The first kappa shape index (κ1) is 16.2. The minimum absolute atomic E-state index is 0.0448. The number of amides is 1. The highest BCUT2D eigenvalue weighted by molar-refractivity contribution is 6.31. The van der Waals surface area contributed by atoms with Crippen molar-refractivity contribution in [1.82, 2.24) is 14.7 Å². The monoisotopic (exact) mass is 321 g/mol. The Morgan fingerprint density at radius 3 is 2.48 bits per heavy atom. The van der Waals surface area contributed by atoms with Crippen LogP contribution in [-0.2, 0) is 16.1 Å². The van der Waals surface area contributed by atoms with Gasteiger partial charge in [0.25, 0.3) is 6.43 Å². The molecule has 0 bridgehead atoms. The molecule has 0 radical (unpaired) electrons. The summed E-state index contributed by atoms with van der Waals surface area (Å²) in [7, 11) is 0. The summed E-state index contributed by atoms with van der Waals surface area (Å²) in [5.74, 6) is -0.180. The highest BCUT2D eigenvalue weighted by Gasteiger charge is 2.27. The van der Waals surface area contributed by atoms with E-state index in [1.54, 1.807) is 11.8 Å². The summed E-state index contributed by atoms with van der Waals surface area (Å²) in [4.78, 5) is 13.9. The summed E-state index contributed by atoms with van der Waals surface area (Å²) in [6, 6.07) is 0. The lowest BCUT2D eigenvalue weighted by Crippen LogP contribution is -2.49. The van der Waals surface area contributed by atoms with Crippen LogP contribution in [0.3, 0.4) is 0 Å². The maximum Gasteiger partial charge on any atom is 0.283 e. The number of aromatic nitrogens is 2. The van der Waals surface area contributed by atoms with E-state index in [1.807, 2.05) is 13.8 Å². The predicted molar refractivity (Wildman–Crippen MR) is 73.5 cm³/mol. The predicted octanol–water partition coefficient (Wildman–Crippen LogP) is 2.42. The van der Waals surface area contributed by atoms with Crippen molar-refractivity contribution in [1.29, 1.82) is 0 Å². The largest absolute Gasteiger partial charge is 0.372 e. The lowest BCUT2D eigenvalue weighted by Gasteiger charge is -2.35. The molecular formula is C13H18ClF2N3O2. The standard InChI is InChI=1S/C13H18ClF2N3O2/c1-7-4-18(5-8(2)21-7)10(20)6-19-9(3)11(14)12(17-19)13(15)16/h7-8,13H,4-6H2,1-3H3/t7-,8+. The average molecular weight is 322 g/mol. The SMILES string of the molecule is Cc1c(Cl)c(C(F)F)nn1CC(=O)N1C[C@@H](C)O[C@@H](C)C1. The fourth-order valence-corrected chi connectivity index (χ4v) is 2.67. The van der Waals surface area contributed by atoms with E-state index in [9.17, 15) is 13.6 Å². The third kappa shape index (κ3) is 3.52. The van der Waals surface area contributed by atoms with Crippen LogP contribution >= 0.6 is 11.6 Å². The van der Waals surface area contributed by atoms with Crippen molar-refractivity contribution in [2.45, 2.75) is 45.9 Å². The van der Waals surface area contributed by atoms with Gasteiger partial charge in [0.15, 0.2) is 0 Å². The summed E-state index contributed by atoms with van der Waals surface area (Å²) in [6.45, 7) is 6.22. The molecule has 2 heterocycles. The van der Waals surface area contributed by atoms with Crippen molar-refractivity contribution in [3.8, 4) is 0 Å². The molecule has 1 aromatic heterocycles. The average Bonchev–Trinajstić information content (AvgIpc) is 2.66. The molecule has 0 spiro atoms. The van der Waals surface area contributed by atoms with Gasteiger partial charge >= 0.3 is 0 Å². The van der Waals surface area contributed by atoms with E-state index in [2.05, 4.69) is 5.10 Å². The molecular weight excluding hydrogens is 304 g/mol. The van der Waals surface area contributed by atoms with E-state index in [0.717, 1.165) is 0 Å². The van der Waals surface area contributed by atoms with Gasteiger partial charge < -0.3 is 9.64 Å². The van der Waals surface area contributed by atoms with E-state index in [4.69, 9.17) is 16.3 Å². The second-order valence-corrected chi connectivity index (χ2v) is 5.68. The molecule has 1 aliphatic heterocycles. The van der Waals surface area contributed by atoms with Gasteiger partial charge in [-0.3, -0.25) is 9.48 Å². The molecule has 0 N–H and O–H groups in total. The molecule has 118 valence electrons. The van der Waals surface area contributed by atoms with Gasteiger partial charge in [0.1, 0.15) is 12.2 Å². The van der Waals surface area contributed by atoms with Crippen molar-refractivity contribution < 1.29 is 18.3 Å². The molecule has 8 heteroatoms. The van der Waals surface area contributed by atoms with Crippen LogP contribution in [0.25, 0.3) is 0 Å². The minimum atomic E-state index is -2.75. The number of alkyl halides is 2. The number of carbonyl (C=O) groups excluding carboxylic acids is 1. The lowest BCUT2D eigenvalue weighted by molar-refractivity contribution is -0.144. The zero-order valence-corrected chi connectivity index (χ0v) is 12.9. The Hall–Kier alpha value is -1.21. The molecule has 5 nitrogen and oxygen atoms in total. The molecule has 21 heavy (non-hydrogen) atoms. The first-order chi connectivity index (χ1) is 9.79. The van der Waals surface area contributed by atoms with Crippen LogP contribution in [0.4, 0.5) is 8.78 Å². The Morgan fingerprint density at radius 1 is 1.43 bits per heavy atom. The van der Waals surface area contributed by atoms with Crippen LogP contribution in [0, 0.1) is 6.92 Å². The van der Waals surface area contributed by atoms with E-state index in [0.29, 0.717) is 18.8 Å². The third-order valence-electron chi connectivity index (χ3n) is 3.42. The van der Waals surface area contributed by atoms with E-state index < -0.39 is 12.1 Å². The Morgan fingerprint density at radius 2 is 2.00 bits per heavy atom. The second-order valence-electron chi connectivity index (χ2n) is 5.30. The normalized spacial score (nSPS) is 22.9. The zero-order valence-electron chi connectivity index (χ0n) is 12.1. The smallest absolute Gasteiger partial charge is 0.283 e. The van der Waals surface area contributed by atoms with Crippen LogP contribution in [-0.4, -0.2) is 45.9 Å². The van der Waals surface area contributed by atoms with E-state index in [-0.39, 0.29) is 29.7 Å². The van der Waals surface area contributed by atoms with Gasteiger partial charge in [-0.2, -0.15) is 5.10 Å². The summed E-state index contributed by atoms with van der Waals surface area (Å²) in [5.41, 5.74) is -0.111. The van der Waals surface area contributed by atoms with Crippen molar-refractivity contribution >= 4 is 17.5 Å². The molecule has 1 aromatic rings. The lowest BCUT2D eigenvalue weighted by atomic mass is 10.2. The van der Waals surface area contributed by atoms with Crippen molar-refractivity contribution in [2.75, 3.05) is 13.1 Å². The number of rotatable bonds is 3. The fraction of sp³-hybridized carbons (Fsp3) is 0.692. The topological polar surface area (TPSA) is 47.4 Å². The van der Waals surface area contributed by atoms with Gasteiger partial charge in [0.2, 0.25) is 5.91 Å². The summed E-state index contributed by atoms with van der Waals surface area (Å²) in [5, 5.41) is 3.66. The molecule has 0 aromatic carbocycles. The summed E-state index contributed by atoms with van der Waals surface area (Å²) < 4.78 is 32.3. The van der Waals surface area contributed by atoms with Gasteiger partial charge in [0.05, 0.1) is 22.9 Å². The first-order valence-corrected chi connectivity index (χ1v) is 7.11. The molecule has 1 amide bonds. The number of morpholine rings is 1. The third-order valence-corrected chi connectivity index (χ3v) is 3.89. The molecule has 1 saturated heterocycles. The molecule has 2 atom stereocenters. The van der Waals surface area contributed by atoms with Gasteiger partial charge in [-0.1, -0.05) is 11.6 Å². The zero-order chi connectivity index (χ0) is 15.7. The summed E-state index contributed by atoms with van der Waals surface area (Å²) >= 11 is 5.82. The second kappa shape index (κ2) is 6.27. The van der Waals surface area contributed by atoms with Gasteiger partial charge in [0, 0.05) is 13.1 Å². The maximum absolute atomic E-state index is 12.7. The Kier molecular flexibility index (Phi) is 4.83. The number of nitrogens with zero attached hydrogens (tertiary/aromatic N) is 3. The fourth-order valence-electron chi connectivity index (χ4n) is 2.45. The molecule has 0 unspecified atom stereocenters. The minimum Gasteiger partial charge on any atom is -0.372 e. The summed E-state index contributed by atoms with van der Waals surface area (Å²) in [6.07, 6.45) is -2.84. The number of hydrogen-bond acceptors (Lipinski definition) is 3. The van der Waals surface area contributed by atoms with Gasteiger partial charge in [-0.05, 0) is 20.8 Å². The molecule has 1 aliphatic rings. The van der Waals surface area contributed by atoms with Crippen LogP contribution in [0.5, 0.6) is 0 Å². The number of halogens is 3. The maximum atomic E-state index is 12.7. The van der Waals surface area contributed by atoms with Crippen molar-refractivity contribution in [3.63, 3.8) is 0 Å². The Bertz CT molecular complexity index is 526. The molecule has 1 fully saturated rings. The van der Waals surface area contributed by atoms with Crippen LogP contribution < -0.4 is 0 Å². The number of ether oxygens (including phenoxy) is 1. The quantitative estimate of drug-likeness (QED) is 0.859. The van der Waals surface area contributed by atoms with E-state index in [1.165, 1.54) is 4.68 Å². The molecule has 0 saturated carbocycles.